The lowest BCUT2D eigenvalue weighted by atomic mass is 9.99. The molecule has 4 unspecified atom stereocenters. The van der Waals surface area contributed by atoms with Crippen LogP contribution in [0, 0.1) is 11.8 Å². The zero-order valence-electron chi connectivity index (χ0n) is 12.9. The molecule has 4 atom stereocenters. The Hall–Kier alpha value is -1.29. The van der Waals surface area contributed by atoms with Gasteiger partial charge in [-0.25, -0.2) is 0 Å². The number of rotatable bonds is 6. The lowest BCUT2D eigenvalue weighted by molar-refractivity contribution is -0.133. The second-order valence-electron chi connectivity index (χ2n) is 6.23. The van der Waals surface area contributed by atoms with Gasteiger partial charge < -0.3 is 15.1 Å². The summed E-state index contributed by atoms with van der Waals surface area (Å²) in [5.74, 6) is 3.38. The molecule has 2 rings (SSSR count). The third-order valence-electron chi connectivity index (χ3n) is 4.47. The number of carbonyl (C=O) groups is 1. The number of amides is 1. The fourth-order valence-electron chi connectivity index (χ4n) is 2.46. The highest BCUT2D eigenvalue weighted by atomic mass is 16.3. The van der Waals surface area contributed by atoms with Crippen molar-refractivity contribution in [1.29, 1.82) is 0 Å². The summed E-state index contributed by atoms with van der Waals surface area (Å²) in [6.07, 6.45) is 2.12. The van der Waals surface area contributed by atoms with Crippen molar-refractivity contribution in [1.82, 2.24) is 4.90 Å². The highest BCUT2D eigenvalue weighted by Gasteiger charge is 2.36. The molecule has 2 N–H and O–H groups in total. The zero-order valence-corrected chi connectivity index (χ0v) is 12.9. The van der Waals surface area contributed by atoms with Crippen LogP contribution < -0.4 is 5.73 Å². The molecule has 0 radical (unpaired) electrons. The molecule has 0 bridgehead atoms. The molecule has 0 aromatic carbocycles. The molecule has 112 valence electrons. The maximum atomic E-state index is 12.2. The van der Waals surface area contributed by atoms with Crippen molar-refractivity contribution in [2.45, 2.75) is 52.1 Å². The van der Waals surface area contributed by atoms with E-state index in [1.54, 1.807) is 11.9 Å². The number of hydrogen-bond acceptors (Lipinski definition) is 3. The van der Waals surface area contributed by atoms with E-state index >= 15 is 0 Å². The van der Waals surface area contributed by atoms with E-state index in [4.69, 9.17) is 10.2 Å². The Kier molecular flexibility index (Phi) is 4.53. The van der Waals surface area contributed by atoms with E-state index < -0.39 is 6.04 Å². The lowest BCUT2D eigenvalue weighted by Gasteiger charge is -2.23. The van der Waals surface area contributed by atoms with Crippen molar-refractivity contribution in [2.75, 3.05) is 7.05 Å². The van der Waals surface area contributed by atoms with Crippen LogP contribution in [0.2, 0.25) is 0 Å². The fourth-order valence-corrected chi connectivity index (χ4v) is 2.46. The van der Waals surface area contributed by atoms with Gasteiger partial charge in [0.15, 0.2) is 0 Å². The van der Waals surface area contributed by atoms with E-state index in [0.717, 1.165) is 23.9 Å². The molecule has 0 aliphatic heterocycles. The van der Waals surface area contributed by atoms with Crippen LogP contribution in [0.5, 0.6) is 0 Å². The zero-order chi connectivity index (χ0) is 14.9. The Bertz CT molecular complexity index is 469. The van der Waals surface area contributed by atoms with Gasteiger partial charge >= 0.3 is 0 Å². The highest BCUT2D eigenvalue weighted by molar-refractivity contribution is 5.81. The molecule has 1 aliphatic rings. The van der Waals surface area contributed by atoms with Crippen LogP contribution in [-0.2, 0) is 11.3 Å². The van der Waals surface area contributed by atoms with Crippen molar-refractivity contribution in [3.63, 3.8) is 0 Å². The smallest absolute Gasteiger partial charge is 0.239 e. The predicted octanol–water partition coefficient (Wildman–Crippen LogP) is 2.73. The topological polar surface area (TPSA) is 59.5 Å². The Morgan fingerprint density at radius 2 is 2.20 bits per heavy atom. The summed E-state index contributed by atoms with van der Waals surface area (Å²) < 4.78 is 5.83. The van der Waals surface area contributed by atoms with Gasteiger partial charge in [-0.15, -0.1) is 0 Å². The standard InChI is InChI=1S/C16H26N2O2/c1-5-10(2)15(17)16(19)18(4)9-12-6-7-14(20-12)13-8-11(13)3/h6-7,10-11,13,15H,5,8-9,17H2,1-4H3. The van der Waals surface area contributed by atoms with Gasteiger partial charge in [0.05, 0.1) is 12.6 Å². The molecule has 1 fully saturated rings. The molecule has 1 saturated carbocycles. The van der Waals surface area contributed by atoms with E-state index in [1.165, 1.54) is 6.42 Å². The average Bonchev–Trinajstić information content (AvgIpc) is 2.99. The lowest BCUT2D eigenvalue weighted by Crippen LogP contribution is -2.45. The van der Waals surface area contributed by atoms with Crippen molar-refractivity contribution in [3.8, 4) is 0 Å². The Balaban J connectivity index is 1.92. The largest absolute Gasteiger partial charge is 0.464 e. The van der Waals surface area contributed by atoms with Crippen molar-refractivity contribution < 1.29 is 9.21 Å². The number of likely N-dealkylation sites (N-methyl/N-ethyl adjacent to an activating group) is 1. The summed E-state index contributed by atoms with van der Waals surface area (Å²) in [6.45, 7) is 6.78. The van der Waals surface area contributed by atoms with E-state index in [9.17, 15) is 4.79 Å². The number of hydrogen-bond donors (Lipinski definition) is 1. The average molecular weight is 278 g/mol. The first-order valence-electron chi connectivity index (χ1n) is 7.53. The Morgan fingerprint density at radius 3 is 2.75 bits per heavy atom. The van der Waals surface area contributed by atoms with Gasteiger partial charge in [0.2, 0.25) is 5.91 Å². The van der Waals surface area contributed by atoms with Crippen molar-refractivity contribution in [2.24, 2.45) is 17.6 Å². The summed E-state index contributed by atoms with van der Waals surface area (Å²) in [4.78, 5) is 13.9. The third-order valence-corrected chi connectivity index (χ3v) is 4.47. The monoisotopic (exact) mass is 278 g/mol. The van der Waals surface area contributed by atoms with Crippen LogP contribution >= 0.6 is 0 Å². The quantitative estimate of drug-likeness (QED) is 0.870. The molecule has 0 spiro atoms. The van der Waals surface area contributed by atoms with Crippen molar-refractivity contribution in [3.05, 3.63) is 23.7 Å². The minimum atomic E-state index is -0.428. The third kappa shape index (κ3) is 3.23. The fraction of sp³-hybridized carbons (Fsp3) is 0.688. The van der Waals surface area contributed by atoms with Crippen LogP contribution in [0.1, 0.15) is 51.1 Å². The normalized spacial score (nSPS) is 24.2. The second kappa shape index (κ2) is 6.00. The highest BCUT2D eigenvalue weighted by Crippen LogP contribution is 2.47. The van der Waals surface area contributed by atoms with E-state index in [1.807, 2.05) is 26.0 Å². The minimum Gasteiger partial charge on any atom is -0.464 e. The summed E-state index contributed by atoms with van der Waals surface area (Å²) in [7, 11) is 1.78. The molecule has 1 aromatic heterocycles. The van der Waals surface area contributed by atoms with Crippen LogP contribution in [0.3, 0.4) is 0 Å². The Labute approximate surface area is 121 Å². The molecular weight excluding hydrogens is 252 g/mol. The first-order chi connectivity index (χ1) is 9.43. The second-order valence-corrected chi connectivity index (χ2v) is 6.23. The maximum Gasteiger partial charge on any atom is 0.239 e. The number of carbonyl (C=O) groups excluding carboxylic acids is 1. The molecular formula is C16H26N2O2. The van der Waals surface area contributed by atoms with Gasteiger partial charge in [0.1, 0.15) is 11.5 Å². The van der Waals surface area contributed by atoms with Gasteiger partial charge in [0, 0.05) is 13.0 Å². The van der Waals surface area contributed by atoms with Gasteiger partial charge in [-0.1, -0.05) is 27.2 Å². The number of nitrogens with two attached hydrogens (primary N) is 1. The van der Waals surface area contributed by atoms with Gasteiger partial charge in [-0.2, -0.15) is 0 Å². The van der Waals surface area contributed by atoms with Crippen LogP contribution in [0.4, 0.5) is 0 Å². The summed E-state index contributed by atoms with van der Waals surface area (Å²) in [6, 6.07) is 3.58. The molecule has 1 amide bonds. The first kappa shape index (κ1) is 15.1. The molecule has 4 heteroatoms. The van der Waals surface area contributed by atoms with Crippen LogP contribution in [0.15, 0.2) is 16.5 Å². The van der Waals surface area contributed by atoms with Gasteiger partial charge in [0.25, 0.3) is 0 Å². The summed E-state index contributed by atoms with van der Waals surface area (Å²) in [5, 5.41) is 0. The molecule has 1 heterocycles. The minimum absolute atomic E-state index is 0.0166. The molecule has 1 aromatic rings. The Morgan fingerprint density at radius 1 is 1.55 bits per heavy atom. The summed E-state index contributed by atoms with van der Waals surface area (Å²) >= 11 is 0. The molecule has 0 saturated heterocycles. The molecule has 1 aliphatic carbocycles. The van der Waals surface area contributed by atoms with Crippen molar-refractivity contribution >= 4 is 5.91 Å². The first-order valence-corrected chi connectivity index (χ1v) is 7.53. The van der Waals surface area contributed by atoms with Gasteiger partial charge in [-0.05, 0) is 30.4 Å². The van der Waals surface area contributed by atoms with E-state index in [-0.39, 0.29) is 11.8 Å². The predicted molar refractivity (Wildman–Crippen MR) is 79.1 cm³/mol. The summed E-state index contributed by atoms with van der Waals surface area (Å²) in [5.41, 5.74) is 5.99. The molecule has 20 heavy (non-hydrogen) atoms. The van der Waals surface area contributed by atoms with E-state index in [2.05, 4.69) is 6.92 Å². The maximum absolute atomic E-state index is 12.2. The van der Waals surface area contributed by atoms with Gasteiger partial charge in [-0.3, -0.25) is 4.79 Å². The van der Waals surface area contributed by atoms with Crippen LogP contribution in [-0.4, -0.2) is 23.9 Å². The number of furan rings is 1. The SMILES string of the molecule is CCC(C)C(N)C(=O)N(C)Cc1ccc(C2CC2C)o1. The van der Waals surface area contributed by atoms with E-state index in [0.29, 0.717) is 12.5 Å². The molecule has 4 nitrogen and oxygen atoms in total. The number of nitrogens with zero attached hydrogens (tertiary/aromatic N) is 1. The van der Waals surface area contributed by atoms with Crippen LogP contribution in [0.25, 0.3) is 0 Å².